The minimum Gasteiger partial charge on any atom is -0.349 e. The fourth-order valence-electron chi connectivity index (χ4n) is 2.62. The molecule has 2 amide bonds. The molecule has 0 unspecified atom stereocenters. The van der Waals surface area contributed by atoms with Gasteiger partial charge in [-0.1, -0.05) is 43.3 Å². The van der Waals surface area contributed by atoms with Crippen molar-refractivity contribution in [3.05, 3.63) is 65.7 Å². The summed E-state index contributed by atoms with van der Waals surface area (Å²) in [5, 5.41) is 5.84. The molecule has 24 heavy (non-hydrogen) atoms. The zero-order valence-corrected chi connectivity index (χ0v) is 13.8. The number of benzene rings is 2. The van der Waals surface area contributed by atoms with Crippen molar-refractivity contribution >= 4 is 17.5 Å². The predicted octanol–water partition coefficient (Wildman–Crippen LogP) is 3.71. The third-order valence-electron chi connectivity index (χ3n) is 4.18. The Morgan fingerprint density at radius 3 is 2.54 bits per heavy atom. The molecule has 1 fully saturated rings. The first-order chi connectivity index (χ1) is 11.6. The average Bonchev–Trinajstić information content (AvgIpc) is 3.39. The van der Waals surface area contributed by atoms with Gasteiger partial charge in [0, 0.05) is 23.7 Å². The number of amides is 2. The highest BCUT2D eigenvalue weighted by Crippen LogP contribution is 2.21. The molecule has 2 aromatic carbocycles. The topological polar surface area (TPSA) is 58.2 Å². The minimum atomic E-state index is -0.0775. The maximum absolute atomic E-state index is 12.3. The van der Waals surface area contributed by atoms with Gasteiger partial charge in [-0.05, 0) is 42.5 Å². The maximum Gasteiger partial charge on any atom is 0.251 e. The molecule has 1 saturated carbocycles. The van der Waals surface area contributed by atoms with E-state index >= 15 is 0 Å². The van der Waals surface area contributed by atoms with Gasteiger partial charge in [-0.3, -0.25) is 9.59 Å². The third-order valence-corrected chi connectivity index (χ3v) is 4.18. The van der Waals surface area contributed by atoms with Gasteiger partial charge >= 0.3 is 0 Å². The van der Waals surface area contributed by atoms with Gasteiger partial charge in [-0.25, -0.2) is 0 Å². The van der Waals surface area contributed by atoms with Crippen molar-refractivity contribution in [2.45, 2.75) is 38.1 Å². The molecule has 1 atom stereocenters. The van der Waals surface area contributed by atoms with Gasteiger partial charge < -0.3 is 10.6 Å². The summed E-state index contributed by atoms with van der Waals surface area (Å²) in [6, 6.07) is 17.4. The summed E-state index contributed by atoms with van der Waals surface area (Å²) in [4.78, 5) is 24.3. The lowest BCUT2D eigenvalue weighted by Gasteiger charge is -2.12. The van der Waals surface area contributed by atoms with Crippen molar-refractivity contribution in [1.82, 2.24) is 5.32 Å². The van der Waals surface area contributed by atoms with Crippen LogP contribution < -0.4 is 10.6 Å². The average molecular weight is 322 g/mol. The summed E-state index contributed by atoms with van der Waals surface area (Å²) in [7, 11) is 0. The Morgan fingerprint density at radius 2 is 1.83 bits per heavy atom. The fraction of sp³-hybridized carbons (Fsp3) is 0.300. The molecule has 0 heterocycles. The normalized spacial score (nSPS) is 14.7. The number of nitrogens with one attached hydrogen (secondary N) is 2. The van der Waals surface area contributed by atoms with E-state index in [2.05, 4.69) is 10.6 Å². The summed E-state index contributed by atoms with van der Waals surface area (Å²) in [6.07, 6.45) is 2.52. The van der Waals surface area contributed by atoms with Crippen LogP contribution in [0.25, 0.3) is 0 Å². The molecule has 2 N–H and O–H groups in total. The lowest BCUT2D eigenvalue weighted by atomic mass is 9.97. The van der Waals surface area contributed by atoms with E-state index in [0.717, 1.165) is 18.4 Å². The quantitative estimate of drug-likeness (QED) is 0.852. The number of anilines is 1. The largest absolute Gasteiger partial charge is 0.349 e. The molecule has 0 bridgehead atoms. The van der Waals surface area contributed by atoms with Crippen molar-refractivity contribution in [1.29, 1.82) is 0 Å². The van der Waals surface area contributed by atoms with Gasteiger partial charge in [0.25, 0.3) is 5.91 Å². The van der Waals surface area contributed by atoms with E-state index in [-0.39, 0.29) is 17.7 Å². The Kier molecular flexibility index (Phi) is 4.94. The van der Waals surface area contributed by atoms with Gasteiger partial charge in [0.2, 0.25) is 5.91 Å². The molecule has 0 aromatic heterocycles. The van der Waals surface area contributed by atoms with Crippen LogP contribution in [0, 0.1) is 0 Å². The second-order valence-electron chi connectivity index (χ2n) is 6.39. The van der Waals surface area contributed by atoms with Crippen LogP contribution in [0.4, 0.5) is 5.69 Å². The van der Waals surface area contributed by atoms with Crippen LogP contribution >= 0.6 is 0 Å². The van der Waals surface area contributed by atoms with Gasteiger partial charge in [-0.15, -0.1) is 0 Å². The summed E-state index contributed by atoms with van der Waals surface area (Å²) >= 11 is 0. The second kappa shape index (κ2) is 7.30. The number of rotatable bonds is 6. The zero-order valence-electron chi connectivity index (χ0n) is 13.8. The SMILES string of the molecule is C[C@@H](CC(=O)Nc1cccc(C(=O)NC2CC2)c1)c1ccccc1. The lowest BCUT2D eigenvalue weighted by molar-refractivity contribution is -0.116. The summed E-state index contributed by atoms with van der Waals surface area (Å²) < 4.78 is 0. The van der Waals surface area contributed by atoms with E-state index in [1.165, 1.54) is 0 Å². The second-order valence-corrected chi connectivity index (χ2v) is 6.39. The molecular formula is C20H22N2O2. The number of hydrogen-bond donors (Lipinski definition) is 2. The molecule has 2 aromatic rings. The van der Waals surface area contributed by atoms with Crippen molar-refractivity contribution in [3.63, 3.8) is 0 Å². The Bertz CT molecular complexity index is 723. The van der Waals surface area contributed by atoms with Crippen molar-refractivity contribution < 1.29 is 9.59 Å². The standard InChI is InChI=1S/C20H22N2O2/c1-14(15-6-3-2-4-7-15)12-19(23)21-18-9-5-8-16(13-18)20(24)22-17-10-11-17/h2-9,13-14,17H,10-12H2,1H3,(H,21,23)(H,22,24)/t14-/m0/s1. The van der Waals surface area contributed by atoms with E-state index < -0.39 is 0 Å². The highest BCUT2D eigenvalue weighted by molar-refractivity contribution is 5.97. The predicted molar refractivity (Wildman–Crippen MR) is 95.0 cm³/mol. The highest BCUT2D eigenvalue weighted by atomic mass is 16.2. The molecule has 0 spiro atoms. The van der Waals surface area contributed by atoms with Crippen LogP contribution in [0.15, 0.2) is 54.6 Å². The maximum atomic E-state index is 12.3. The molecule has 4 nitrogen and oxygen atoms in total. The first-order valence-corrected chi connectivity index (χ1v) is 8.37. The van der Waals surface area contributed by atoms with E-state index in [4.69, 9.17) is 0 Å². The van der Waals surface area contributed by atoms with Gasteiger partial charge in [0.15, 0.2) is 0 Å². The van der Waals surface area contributed by atoms with Crippen LogP contribution in [0.5, 0.6) is 0 Å². The van der Waals surface area contributed by atoms with Crippen LogP contribution in [0.3, 0.4) is 0 Å². The van der Waals surface area contributed by atoms with Gasteiger partial charge in [-0.2, -0.15) is 0 Å². The highest BCUT2D eigenvalue weighted by Gasteiger charge is 2.23. The minimum absolute atomic E-state index is 0.0499. The van der Waals surface area contributed by atoms with Crippen LogP contribution in [0.2, 0.25) is 0 Å². The Labute approximate surface area is 142 Å². The first-order valence-electron chi connectivity index (χ1n) is 8.37. The first kappa shape index (κ1) is 16.2. The molecule has 3 rings (SSSR count). The lowest BCUT2D eigenvalue weighted by Crippen LogP contribution is -2.25. The number of carbonyl (C=O) groups excluding carboxylic acids is 2. The summed E-state index contributed by atoms with van der Waals surface area (Å²) in [5.74, 6) is 0.0184. The Morgan fingerprint density at radius 1 is 1.08 bits per heavy atom. The van der Waals surface area contributed by atoms with Crippen LogP contribution in [0.1, 0.15) is 48.0 Å². The van der Waals surface area contributed by atoms with E-state index in [1.54, 1.807) is 24.3 Å². The Balaban J connectivity index is 1.58. The molecule has 1 aliphatic rings. The van der Waals surface area contributed by atoms with Gasteiger partial charge in [0.05, 0.1) is 0 Å². The zero-order chi connectivity index (χ0) is 16.9. The van der Waals surface area contributed by atoms with E-state index in [0.29, 0.717) is 23.7 Å². The van der Waals surface area contributed by atoms with E-state index in [1.807, 2.05) is 37.3 Å². The van der Waals surface area contributed by atoms with Gasteiger partial charge in [0.1, 0.15) is 0 Å². The number of hydrogen-bond acceptors (Lipinski definition) is 2. The summed E-state index contributed by atoms with van der Waals surface area (Å²) in [5.41, 5.74) is 2.38. The molecule has 124 valence electrons. The van der Waals surface area contributed by atoms with Crippen molar-refractivity contribution in [2.24, 2.45) is 0 Å². The molecule has 1 aliphatic carbocycles. The molecule has 0 saturated heterocycles. The van der Waals surface area contributed by atoms with Crippen LogP contribution in [-0.2, 0) is 4.79 Å². The molecule has 0 radical (unpaired) electrons. The smallest absolute Gasteiger partial charge is 0.251 e. The molecule has 4 heteroatoms. The van der Waals surface area contributed by atoms with Crippen LogP contribution in [-0.4, -0.2) is 17.9 Å². The summed E-state index contributed by atoms with van der Waals surface area (Å²) in [6.45, 7) is 2.04. The fourth-order valence-corrected chi connectivity index (χ4v) is 2.62. The van der Waals surface area contributed by atoms with Crippen molar-refractivity contribution in [3.8, 4) is 0 Å². The third kappa shape index (κ3) is 4.44. The van der Waals surface area contributed by atoms with Crippen molar-refractivity contribution in [2.75, 3.05) is 5.32 Å². The monoisotopic (exact) mass is 322 g/mol. The molecular weight excluding hydrogens is 300 g/mol. The molecule has 0 aliphatic heterocycles. The number of carbonyl (C=O) groups is 2. The van der Waals surface area contributed by atoms with E-state index in [9.17, 15) is 9.59 Å². The Hall–Kier alpha value is -2.62.